The summed E-state index contributed by atoms with van der Waals surface area (Å²) in [4.78, 5) is 31.2. The molecule has 7 heteroatoms. The first-order valence-electron chi connectivity index (χ1n) is 8.12. The Bertz CT molecular complexity index is 1010. The van der Waals surface area contributed by atoms with Crippen LogP contribution in [0.3, 0.4) is 0 Å². The predicted octanol–water partition coefficient (Wildman–Crippen LogP) is 2.40. The fraction of sp³-hybridized carbons (Fsp3) is 0.278. The standard InChI is InChI=1S/C18H16FN3O2S/c19-12-6-4-11(5-7-12)8-20-15(23)9-22-10-21-17-16(18(22)24)13-2-1-3-14(13)25-17/h4-7,10H,1-3,8-9H2,(H,20,23). The van der Waals surface area contributed by atoms with Gasteiger partial charge in [0, 0.05) is 11.4 Å². The van der Waals surface area contributed by atoms with Crippen molar-refractivity contribution in [1.29, 1.82) is 0 Å². The summed E-state index contributed by atoms with van der Waals surface area (Å²) in [5.74, 6) is -0.594. The average Bonchev–Trinajstić information content (AvgIpc) is 3.18. The van der Waals surface area contributed by atoms with E-state index in [1.807, 2.05) is 0 Å². The highest BCUT2D eigenvalue weighted by Gasteiger charge is 2.21. The number of carbonyl (C=O) groups is 1. The molecule has 0 saturated carbocycles. The SMILES string of the molecule is O=C(Cn1cnc2sc3c(c2c1=O)CCC3)NCc1ccc(F)cc1. The van der Waals surface area contributed by atoms with E-state index in [0.29, 0.717) is 5.39 Å². The number of aromatic nitrogens is 2. The van der Waals surface area contributed by atoms with Gasteiger partial charge in [0.05, 0.1) is 11.7 Å². The van der Waals surface area contributed by atoms with E-state index < -0.39 is 0 Å². The van der Waals surface area contributed by atoms with Gasteiger partial charge in [-0.3, -0.25) is 14.2 Å². The fourth-order valence-corrected chi connectivity index (χ4v) is 4.37. The molecule has 25 heavy (non-hydrogen) atoms. The van der Waals surface area contributed by atoms with Gasteiger partial charge < -0.3 is 5.32 Å². The molecule has 2 heterocycles. The summed E-state index contributed by atoms with van der Waals surface area (Å²) in [6.07, 6.45) is 4.43. The van der Waals surface area contributed by atoms with Crippen LogP contribution in [0, 0.1) is 5.82 Å². The largest absolute Gasteiger partial charge is 0.350 e. The molecule has 0 saturated heterocycles. The zero-order chi connectivity index (χ0) is 17.4. The van der Waals surface area contributed by atoms with Gasteiger partial charge in [-0.1, -0.05) is 12.1 Å². The quantitative estimate of drug-likeness (QED) is 0.780. The van der Waals surface area contributed by atoms with E-state index >= 15 is 0 Å². The second kappa shape index (κ2) is 6.40. The van der Waals surface area contributed by atoms with Crippen LogP contribution < -0.4 is 10.9 Å². The Balaban J connectivity index is 1.50. The molecule has 1 amide bonds. The minimum Gasteiger partial charge on any atom is -0.350 e. The van der Waals surface area contributed by atoms with Crippen molar-refractivity contribution in [2.75, 3.05) is 0 Å². The van der Waals surface area contributed by atoms with Crippen molar-refractivity contribution in [1.82, 2.24) is 14.9 Å². The van der Waals surface area contributed by atoms with E-state index in [4.69, 9.17) is 0 Å². The number of aryl methyl sites for hydroxylation is 2. The number of hydrogen-bond acceptors (Lipinski definition) is 4. The second-order valence-corrected chi connectivity index (χ2v) is 7.20. The molecule has 0 bridgehead atoms. The van der Waals surface area contributed by atoms with Gasteiger partial charge >= 0.3 is 0 Å². The summed E-state index contributed by atoms with van der Waals surface area (Å²) in [6, 6.07) is 5.93. The Morgan fingerprint density at radius 3 is 2.88 bits per heavy atom. The van der Waals surface area contributed by atoms with Crippen molar-refractivity contribution in [2.45, 2.75) is 32.4 Å². The molecular weight excluding hydrogens is 341 g/mol. The number of rotatable bonds is 4. The summed E-state index contributed by atoms with van der Waals surface area (Å²) < 4.78 is 14.2. The summed E-state index contributed by atoms with van der Waals surface area (Å²) in [6.45, 7) is 0.213. The van der Waals surface area contributed by atoms with Crippen LogP contribution in [0.2, 0.25) is 0 Å². The van der Waals surface area contributed by atoms with E-state index in [2.05, 4.69) is 10.3 Å². The number of carbonyl (C=O) groups excluding carboxylic acids is 1. The van der Waals surface area contributed by atoms with E-state index in [-0.39, 0.29) is 30.4 Å². The molecule has 3 aromatic rings. The minimum absolute atomic E-state index is 0.0758. The van der Waals surface area contributed by atoms with Crippen LogP contribution in [0.1, 0.15) is 22.4 Å². The van der Waals surface area contributed by atoms with Crippen molar-refractivity contribution >= 4 is 27.5 Å². The van der Waals surface area contributed by atoms with Crippen LogP contribution in [0.25, 0.3) is 10.2 Å². The van der Waals surface area contributed by atoms with Crippen LogP contribution in [0.5, 0.6) is 0 Å². The number of halogens is 1. The molecule has 1 aromatic carbocycles. The molecule has 0 unspecified atom stereocenters. The van der Waals surface area contributed by atoms with Crippen molar-refractivity contribution in [2.24, 2.45) is 0 Å². The molecule has 5 nitrogen and oxygen atoms in total. The maximum absolute atomic E-state index is 12.9. The van der Waals surface area contributed by atoms with Crippen LogP contribution in [0.4, 0.5) is 4.39 Å². The Labute approximate surface area is 147 Å². The summed E-state index contributed by atoms with van der Waals surface area (Å²) >= 11 is 1.58. The lowest BCUT2D eigenvalue weighted by Crippen LogP contribution is -2.32. The van der Waals surface area contributed by atoms with Gasteiger partial charge in [-0.2, -0.15) is 0 Å². The zero-order valence-electron chi connectivity index (χ0n) is 13.4. The molecule has 0 aliphatic heterocycles. The Kier molecular flexibility index (Phi) is 4.09. The predicted molar refractivity (Wildman–Crippen MR) is 94.2 cm³/mol. The maximum Gasteiger partial charge on any atom is 0.262 e. The molecule has 1 aliphatic carbocycles. The summed E-state index contributed by atoms with van der Waals surface area (Å²) in [5, 5.41) is 3.41. The van der Waals surface area contributed by atoms with E-state index in [0.717, 1.165) is 35.2 Å². The molecule has 128 valence electrons. The van der Waals surface area contributed by atoms with Crippen LogP contribution in [0.15, 0.2) is 35.4 Å². The van der Waals surface area contributed by atoms with Crippen molar-refractivity contribution in [3.8, 4) is 0 Å². The molecule has 0 radical (unpaired) electrons. The molecule has 1 N–H and O–H groups in total. The molecule has 1 aliphatic rings. The van der Waals surface area contributed by atoms with Crippen molar-refractivity contribution < 1.29 is 9.18 Å². The van der Waals surface area contributed by atoms with Gasteiger partial charge in [0.25, 0.3) is 5.56 Å². The number of fused-ring (bicyclic) bond motifs is 3. The third kappa shape index (κ3) is 3.07. The Morgan fingerprint density at radius 1 is 1.28 bits per heavy atom. The highest BCUT2D eigenvalue weighted by molar-refractivity contribution is 7.18. The Hall–Kier alpha value is -2.54. The molecular formula is C18H16FN3O2S. The number of amides is 1. The number of hydrogen-bond donors (Lipinski definition) is 1. The van der Waals surface area contributed by atoms with E-state index in [1.54, 1.807) is 23.5 Å². The highest BCUT2D eigenvalue weighted by atomic mass is 32.1. The first kappa shape index (κ1) is 16.0. The smallest absolute Gasteiger partial charge is 0.262 e. The van der Waals surface area contributed by atoms with Crippen LogP contribution >= 0.6 is 11.3 Å². The van der Waals surface area contributed by atoms with Crippen LogP contribution in [-0.2, 0) is 30.7 Å². The van der Waals surface area contributed by atoms with Gasteiger partial charge in [-0.15, -0.1) is 11.3 Å². The van der Waals surface area contributed by atoms with Gasteiger partial charge in [0.2, 0.25) is 5.91 Å². The third-order valence-electron chi connectivity index (χ3n) is 4.41. The zero-order valence-corrected chi connectivity index (χ0v) is 14.2. The highest BCUT2D eigenvalue weighted by Crippen LogP contribution is 2.34. The molecule has 0 fully saturated rings. The molecule has 4 rings (SSSR count). The normalized spacial score (nSPS) is 13.2. The van der Waals surface area contributed by atoms with Crippen LogP contribution in [-0.4, -0.2) is 15.5 Å². The monoisotopic (exact) mass is 357 g/mol. The summed E-state index contributed by atoms with van der Waals surface area (Å²) in [7, 11) is 0. The minimum atomic E-state index is -0.315. The molecule has 2 aromatic heterocycles. The second-order valence-electron chi connectivity index (χ2n) is 6.12. The average molecular weight is 357 g/mol. The lowest BCUT2D eigenvalue weighted by Gasteiger charge is -2.07. The van der Waals surface area contributed by atoms with Gasteiger partial charge in [-0.25, -0.2) is 9.37 Å². The van der Waals surface area contributed by atoms with Gasteiger partial charge in [-0.05, 0) is 42.5 Å². The number of thiophene rings is 1. The number of nitrogens with zero attached hydrogens (tertiary/aromatic N) is 2. The summed E-state index contributed by atoms with van der Waals surface area (Å²) in [5.41, 5.74) is 1.76. The molecule has 0 spiro atoms. The van der Waals surface area contributed by atoms with Crippen molar-refractivity contribution in [3.05, 3.63) is 62.8 Å². The van der Waals surface area contributed by atoms with Gasteiger partial charge in [0.15, 0.2) is 0 Å². The first-order chi connectivity index (χ1) is 12.1. The Morgan fingerprint density at radius 2 is 2.08 bits per heavy atom. The van der Waals surface area contributed by atoms with Gasteiger partial charge in [0.1, 0.15) is 17.2 Å². The number of nitrogens with one attached hydrogen (secondary N) is 1. The van der Waals surface area contributed by atoms with E-state index in [9.17, 15) is 14.0 Å². The van der Waals surface area contributed by atoms with Crippen molar-refractivity contribution in [3.63, 3.8) is 0 Å². The first-order valence-corrected chi connectivity index (χ1v) is 8.94. The van der Waals surface area contributed by atoms with E-state index in [1.165, 1.54) is 27.9 Å². The lowest BCUT2D eigenvalue weighted by molar-refractivity contribution is -0.121. The third-order valence-corrected chi connectivity index (χ3v) is 5.61. The molecule has 0 atom stereocenters. The lowest BCUT2D eigenvalue weighted by atomic mass is 10.2. The topological polar surface area (TPSA) is 64.0 Å². The maximum atomic E-state index is 12.9. The number of benzene rings is 1. The fourth-order valence-electron chi connectivity index (χ4n) is 3.15.